The lowest BCUT2D eigenvalue weighted by atomic mass is 9.44. The van der Waals surface area contributed by atoms with E-state index in [4.69, 9.17) is 0 Å². The van der Waals surface area contributed by atoms with Gasteiger partial charge in [0.15, 0.2) is 5.78 Å². The summed E-state index contributed by atoms with van der Waals surface area (Å²) in [6.45, 7) is 3.28. The second-order valence-corrected chi connectivity index (χ2v) is 14.5. The molecule has 4 aliphatic carbocycles. The fourth-order valence-electron chi connectivity index (χ4n) is 8.30. The second-order valence-electron chi connectivity index (χ2n) is 11.5. The van der Waals surface area contributed by atoms with Gasteiger partial charge in [-0.15, -0.1) is 23.5 Å². The molecule has 0 aromatic rings. The summed E-state index contributed by atoms with van der Waals surface area (Å²) in [4.78, 5) is 48.9. The van der Waals surface area contributed by atoms with Crippen LogP contribution in [0.25, 0.3) is 0 Å². The molecule has 0 spiro atoms. The van der Waals surface area contributed by atoms with E-state index in [-0.39, 0.29) is 59.2 Å². The summed E-state index contributed by atoms with van der Waals surface area (Å²) in [5.41, 5.74) is -2.82. The number of thioether (sulfide) groups is 2. The fraction of sp³-hybridized carbons (Fsp3) is 0.840. The number of aliphatic carboxylic acids is 2. The molecule has 0 amide bonds. The van der Waals surface area contributed by atoms with Crippen molar-refractivity contribution in [3.05, 3.63) is 0 Å². The van der Waals surface area contributed by atoms with Gasteiger partial charge in [-0.25, -0.2) is 0 Å². The zero-order valence-electron chi connectivity index (χ0n) is 20.3. The molecule has 196 valence electrons. The number of hydrogen-bond acceptors (Lipinski definition) is 8. The number of aliphatic hydroxyl groups excluding tert-OH is 1. The van der Waals surface area contributed by atoms with Crippen molar-refractivity contribution in [3.63, 3.8) is 0 Å². The molecule has 4 saturated carbocycles. The number of rotatable bonds is 8. The van der Waals surface area contributed by atoms with Crippen LogP contribution in [0.5, 0.6) is 0 Å². The van der Waals surface area contributed by atoms with Gasteiger partial charge in [0.2, 0.25) is 0 Å². The van der Waals surface area contributed by atoms with E-state index in [1.807, 2.05) is 6.92 Å². The Morgan fingerprint density at radius 3 is 2.17 bits per heavy atom. The monoisotopic (exact) mass is 528 g/mol. The van der Waals surface area contributed by atoms with Gasteiger partial charge in [-0.05, 0) is 68.1 Å². The number of Topliss-reactive ketones (excluding diaryl/α,β-unsaturated/α-hetero) is 2. The van der Waals surface area contributed by atoms with Gasteiger partial charge in [-0.3, -0.25) is 19.2 Å². The van der Waals surface area contributed by atoms with Gasteiger partial charge < -0.3 is 20.4 Å². The molecule has 0 radical (unpaired) electrons. The summed E-state index contributed by atoms with van der Waals surface area (Å²) in [7, 11) is 0. The van der Waals surface area contributed by atoms with Crippen LogP contribution in [-0.2, 0) is 19.2 Å². The average molecular weight is 529 g/mol. The van der Waals surface area contributed by atoms with Crippen molar-refractivity contribution in [2.45, 2.75) is 74.9 Å². The van der Waals surface area contributed by atoms with E-state index in [9.17, 15) is 39.6 Å². The number of fused-ring (bicyclic) bond motifs is 5. The predicted octanol–water partition coefficient (Wildman–Crippen LogP) is 2.83. The first-order valence-corrected chi connectivity index (χ1v) is 14.4. The Kier molecular flexibility index (Phi) is 7.18. The standard InChI is InChI=1S/C25H36O8S2/c1-22-7-8-24(34-12-19(29)30,35-13-20(31)32)9-14(22)3-4-15-16-5-6-25(33,18(28)11-26)23(16,2)10-17(27)21(15)22/h14-16,21,26,33H,3-13H2,1-2H3,(H,29,30)(H,31,32)/t14-,15-,16-,21+,22-,23-,25+/m0/s1. The lowest BCUT2D eigenvalue weighted by Crippen LogP contribution is -2.62. The van der Waals surface area contributed by atoms with Crippen molar-refractivity contribution >= 4 is 47.0 Å². The Labute approximate surface area is 214 Å². The zero-order valence-corrected chi connectivity index (χ0v) is 22.0. The van der Waals surface area contributed by atoms with Crippen LogP contribution in [0.1, 0.15) is 65.2 Å². The number of carboxylic acid groups (broad SMARTS) is 2. The van der Waals surface area contributed by atoms with Crippen molar-refractivity contribution in [2.75, 3.05) is 18.1 Å². The summed E-state index contributed by atoms with van der Waals surface area (Å²) in [6, 6.07) is 0. The molecule has 4 aliphatic rings. The highest BCUT2D eigenvalue weighted by molar-refractivity contribution is 8.18. The summed E-state index contributed by atoms with van der Waals surface area (Å²) in [6.07, 6.45) is 4.72. The number of ketones is 2. The van der Waals surface area contributed by atoms with Crippen LogP contribution < -0.4 is 0 Å². The maximum Gasteiger partial charge on any atom is 0.313 e. The van der Waals surface area contributed by atoms with Crippen LogP contribution in [0, 0.1) is 34.5 Å². The maximum atomic E-state index is 13.8. The minimum absolute atomic E-state index is 0.0259. The van der Waals surface area contributed by atoms with Crippen molar-refractivity contribution < 1.29 is 39.6 Å². The van der Waals surface area contributed by atoms with Crippen LogP contribution in [-0.4, -0.2) is 71.7 Å². The highest BCUT2D eigenvalue weighted by atomic mass is 32.2. The van der Waals surface area contributed by atoms with Crippen molar-refractivity contribution in [1.29, 1.82) is 0 Å². The first-order valence-electron chi connectivity index (χ1n) is 12.4. The highest BCUT2D eigenvalue weighted by Crippen LogP contribution is 2.69. The van der Waals surface area contributed by atoms with Gasteiger partial charge in [0.1, 0.15) is 18.0 Å². The molecule has 0 aliphatic heterocycles. The summed E-state index contributed by atoms with van der Waals surface area (Å²) < 4.78 is -0.499. The minimum Gasteiger partial charge on any atom is -0.481 e. The molecule has 4 N–H and O–H groups in total. The quantitative estimate of drug-likeness (QED) is 0.346. The number of carbonyl (C=O) groups is 4. The average Bonchev–Trinajstić information content (AvgIpc) is 3.07. The molecule has 0 saturated heterocycles. The fourth-order valence-corrected chi connectivity index (χ4v) is 10.9. The van der Waals surface area contributed by atoms with Crippen LogP contribution >= 0.6 is 23.5 Å². The second kappa shape index (κ2) is 9.33. The molecule has 0 aromatic carbocycles. The Morgan fingerprint density at radius 2 is 1.60 bits per heavy atom. The maximum absolute atomic E-state index is 13.8. The molecule has 7 atom stereocenters. The first kappa shape index (κ1) is 26.9. The minimum atomic E-state index is -1.67. The predicted molar refractivity (Wildman–Crippen MR) is 132 cm³/mol. The topological polar surface area (TPSA) is 149 Å². The molecule has 4 rings (SSSR count). The van der Waals surface area contributed by atoms with E-state index in [0.717, 1.165) is 12.8 Å². The van der Waals surface area contributed by atoms with Gasteiger partial charge in [0.25, 0.3) is 0 Å². The van der Waals surface area contributed by atoms with Crippen molar-refractivity contribution in [3.8, 4) is 0 Å². The van der Waals surface area contributed by atoms with Gasteiger partial charge in [0.05, 0.1) is 15.6 Å². The highest BCUT2D eigenvalue weighted by Gasteiger charge is 2.69. The third kappa shape index (κ3) is 4.26. The Morgan fingerprint density at radius 1 is 0.971 bits per heavy atom. The number of carboxylic acids is 2. The molecule has 0 heterocycles. The molecular weight excluding hydrogens is 492 g/mol. The van der Waals surface area contributed by atoms with E-state index in [0.29, 0.717) is 25.7 Å². The smallest absolute Gasteiger partial charge is 0.313 e. The van der Waals surface area contributed by atoms with Crippen LogP contribution in [0.2, 0.25) is 0 Å². The van der Waals surface area contributed by atoms with Crippen LogP contribution in [0.3, 0.4) is 0 Å². The Hall–Kier alpha value is -1.10. The van der Waals surface area contributed by atoms with Crippen molar-refractivity contribution in [2.24, 2.45) is 34.5 Å². The summed E-state index contributed by atoms with van der Waals surface area (Å²) >= 11 is 2.64. The summed E-state index contributed by atoms with van der Waals surface area (Å²) in [5.74, 6) is -2.45. The zero-order chi connectivity index (χ0) is 25.8. The van der Waals surface area contributed by atoms with E-state index in [1.165, 1.54) is 23.5 Å². The Balaban J connectivity index is 1.60. The van der Waals surface area contributed by atoms with Crippen molar-refractivity contribution in [1.82, 2.24) is 0 Å². The third-order valence-electron chi connectivity index (χ3n) is 10.0. The number of hydrogen-bond donors (Lipinski definition) is 4. The molecule has 35 heavy (non-hydrogen) atoms. The van der Waals surface area contributed by atoms with Gasteiger partial charge in [0, 0.05) is 17.8 Å². The lowest BCUT2D eigenvalue weighted by molar-refractivity contribution is -0.177. The first-order chi connectivity index (χ1) is 16.3. The molecule has 8 nitrogen and oxygen atoms in total. The molecule has 0 bridgehead atoms. The van der Waals surface area contributed by atoms with Gasteiger partial charge >= 0.3 is 11.9 Å². The molecular formula is C25H36O8S2. The molecule has 0 unspecified atom stereocenters. The normalized spacial score (nSPS) is 42.0. The van der Waals surface area contributed by atoms with E-state index in [1.54, 1.807) is 0 Å². The Bertz CT molecular complexity index is 905. The van der Waals surface area contributed by atoms with Crippen LogP contribution in [0.4, 0.5) is 0 Å². The third-order valence-corrected chi connectivity index (χ3v) is 13.3. The largest absolute Gasteiger partial charge is 0.481 e. The molecule has 4 fully saturated rings. The summed E-state index contributed by atoms with van der Waals surface area (Å²) in [5, 5.41) is 39.4. The number of aliphatic hydroxyl groups is 2. The van der Waals surface area contributed by atoms with Gasteiger partial charge in [-0.1, -0.05) is 13.8 Å². The lowest BCUT2D eigenvalue weighted by Gasteiger charge is -2.61. The van der Waals surface area contributed by atoms with E-state index in [2.05, 4.69) is 6.92 Å². The van der Waals surface area contributed by atoms with Gasteiger partial charge in [-0.2, -0.15) is 0 Å². The molecule has 0 aromatic heterocycles. The van der Waals surface area contributed by atoms with E-state index < -0.39 is 39.4 Å². The van der Waals surface area contributed by atoms with E-state index >= 15 is 0 Å². The number of carbonyl (C=O) groups excluding carboxylic acids is 2. The SMILES string of the molecule is C[C@]12CCC(SCC(=O)O)(SCC(=O)O)C[C@@H]1CC[C@@H]1[C@@H]2C(=O)C[C@@]2(C)[C@H]1CC[C@@]2(O)C(=O)CO. The molecule has 10 heteroatoms. The van der Waals surface area contributed by atoms with Crippen LogP contribution in [0.15, 0.2) is 0 Å².